The van der Waals surface area contributed by atoms with Crippen molar-refractivity contribution in [1.29, 1.82) is 5.26 Å². The molecule has 2 aromatic rings. The summed E-state index contributed by atoms with van der Waals surface area (Å²) in [6.45, 7) is 0. The zero-order valence-electron chi connectivity index (χ0n) is 12.8. The van der Waals surface area contributed by atoms with Crippen LogP contribution in [-0.4, -0.2) is 10.1 Å². The molecule has 0 aliphatic heterocycles. The first kappa shape index (κ1) is 15.2. The highest BCUT2D eigenvalue weighted by Crippen LogP contribution is 2.49. The topological polar surface area (TPSA) is 76.9 Å². The molecule has 1 saturated carbocycles. The van der Waals surface area contributed by atoms with Gasteiger partial charge in [-0.3, -0.25) is 4.79 Å². The van der Waals surface area contributed by atoms with Gasteiger partial charge >= 0.3 is 0 Å². The summed E-state index contributed by atoms with van der Waals surface area (Å²) >= 11 is 3.39. The van der Waals surface area contributed by atoms with E-state index in [4.69, 9.17) is 0 Å². The van der Waals surface area contributed by atoms with Crippen LogP contribution in [0, 0.1) is 23.2 Å². The van der Waals surface area contributed by atoms with Gasteiger partial charge in [-0.15, -0.1) is 0 Å². The van der Waals surface area contributed by atoms with Crippen molar-refractivity contribution in [3.8, 4) is 23.1 Å². The number of nitrogens with zero attached hydrogens (tertiary/aromatic N) is 1. The Labute approximate surface area is 147 Å². The van der Waals surface area contributed by atoms with Crippen molar-refractivity contribution in [3.63, 3.8) is 0 Å². The molecule has 4 rings (SSSR count). The lowest BCUT2D eigenvalue weighted by molar-refractivity contribution is 0.477. The normalized spacial score (nSPS) is 24.2. The van der Waals surface area contributed by atoms with Crippen LogP contribution in [0.2, 0.25) is 0 Å². The third-order valence-electron chi connectivity index (χ3n) is 5.10. The molecule has 1 heterocycles. The van der Waals surface area contributed by atoms with Crippen molar-refractivity contribution in [1.82, 2.24) is 4.98 Å². The molecule has 4 nitrogen and oxygen atoms in total. The molecule has 24 heavy (non-hydrogen) atoms. The van der Waals surface area contributed by atoms with Gasteiger partial charge in [0, 0.05) is 10.0 Å². The highest BCUT2D eigenvalue weighted by molar-refractivity contribution is 9.10. The average Bonchev–Trinajstić information content (AvgIpc) is 3.19. The van der Waals surface area contributed by atoms with E-state index in [1.165, 1.54) is 0 Å². The molecule has 0 saturated heterocycles. The molecular weight excluding hydrogens is 368 g/mol. The van der Waals surface area contributed by atoms with E-state index in [2.05, 4.69) is 39.1 Å². The van der Waals surface area contributed by atoms with Gasteiger partial charge in [-0.1, -0.05) is 28.1 Å². The Hall–Kier alpha value is -2.32. The molecule has 1 unspecified atom stereocenters. The molecule has 0 spiro atoms. The third kappa shape index (κ3) is 2.38. The lowest BCUT2D eigenvalue weighted by Gasteiger charge is -2.20. The van der Waals surface area contributed by atoms with E-state index in [1.54, 1.807) is 18.2 Å². The number of H-pyrrole nitrogens is 1. The predicted octanol–water partition coefficient (Wildman–Crippen LogP) is 4.06. The fourth-order valence-electron chi connectivity index (χ4n) is 3.99. The number of nitrogens with one attached hydrogen (secondary N) is 1. The second-order valence-corrected chi connectivity index (χ2v) is 7.42. The van der Waals surface area contributed by atoms with Crippen molar-refractivity contribution in [2.45, 2.75) is 18.8 Å². The highest BCUT2D eigenvalue weighted by atomic mass is 79.9. The number of phenols is 1. The molecule has 1 aromatic heterocycles. The molecule has 5 heteroatoms. The lowest BCUT2D eigenvalue weighted by atomic mass is 9.84. The Morgan fingerprint density at radius 3 is 2.75 bits per heavy atom. The first-order valence-corrected chi connectivity index (χ1v) is 8.70. The zero-order valence-corrected chi connectivity index (χ0v) is 14.4. The fourth-order valence-corrected chi connectivity index (χ4v) is 4.36. The maximum atomic E-state index is 12.4. The third-order valence-corrected chi connectivity index (χ3v) is 5.60. The molecule has 2 aliphatic rings. The van der Waals surface area contributed by atoms with Crippen molar-refractivity contribution in [2.24, 2.45) is 11.8 Å². The number of hydrogen-bond acceptors (Lipinski definition) is 3. The fraction of sp³-hybridized carbons (Fsp3) is 0.263. The molecule has 2 aliphatic carbocycles. The van der Waals surface area contributed by atoms with Crippen LogP contribution in [0.1, 0.15) is 29.9 Å². The number of pyridine rings is 1. The zero-order chi connectivity index (χ0) is 16.8. The lowest BCUT2D eigenvalue weighted by Crippen LogP contribution is -2.18. The Morgan fingerprint density at radius 2 is 2.08 bits per heavy atom. The van der Waals surface area contributed by atoms with Gasteiger partial charge in [0.25, 0.3) is 5.56 Å². The second-order valence-electron chi connectivity index (χ2n) is 6.50. The maximum Gasteiger partial charge on any atom is 0.266 e. The van der Waals surface area contributed by atoms with E-state index in [1.807, 2.05) is 6.07 Å². The number of phenolic OH excluding ortho intramolecular Hbond substituents is 1. The highest BCUT2D eigenvalue weighted by Gasteiger charge is 2.38. The van der Waals surface area contributed by atoms with E-state index in [9.17, 15) is 15.2 Å². The van der Waals surface area contributed by atoms with E-state index in [0.717, 1.165) is 22.9 Å². The van der Waals surface area contributed by atoms with E-state index in [-0.39, 0.29) is 17.2 Å². The molecule has 0 amide bonds. The predicted molar refractivity (Wildman–Crippen MR) is 94.7 cm³/mol. The van der Waals surface area contributed by atoms with Crippen molar-refractivity contribution < 1.29 is 5.11 Å². The molecule has 2 N–H and O–H groups in total. The van der Waals surface area contributed by atoms with Crippen LogP contribution in [0.3, 0.4) is 0 Å². The summed E-state index contributed by atoms with van der Waals surface area (Å²) in [6, 6.07) is 9.01. The van der Waals surface area contributed by atoms with Gasteiger partial charge in [-0.05, 0) is 60.4 Å². The number of halogens is 1. The Kier molecular flexibility index (Phi) is 3.58. The first-order chi connectivity index (χ1) is 11.6. The maximum absolute atomic E-state index is 12.4. The van der Waals surface area contributed by atoms with Gasteiger partial charge in [0.15, 0.2) is 0 Å². The molecule has 1 aromatic carbocycles. The summed E-state index contributed by atoms with van der Waals surface area (Å²) < 4.78 is 0.810. The average molecular weight is 383 g/mol. The van der Waals surface area contributed by atoms with Gasteiger partial charge in [-0.25, -0.2) is 0 Å². The molecule has 120 valence electrons. The van der Waals surface area contributed by atoms with Crippen molar-refractivity contribution >= 4 is 15.9 Å². The number of allylic oxidation sites excluding steroid dienone is 2. The minimum Gasteiger partial charge on any atom is -0.507 e. The van der Waals surface area contributed by atoms with Crippen LogP contribution < -0.4 is 5.56 Å². The van der Waals surface area contributed by atoms with Gasteiger partial charge in [0.2, 0.25) is 0 Å². The monoisotopic (exact) mass is 382 g/mol. The van der Waals surface area contributed by atoms with Gasteiger partial charge in [0.05, 0.1) is 5.69 Å². The number of fused-ring (bicyclic) bond motifs is 2. The van der Waals surface area contributed by atoms with E-state index >= 15 is 0 Å². The summed E-state index contributed by atoms with van der Waals surface area (Å²) in [6.07, 6.45) is 6.52. The van der Waals surface area contributed by atoms with Gasteiger partial charge < -0.3 is 10.1 Å². The molecule has 0 radical (unpaired) electrons. The van der Waals surface area contributed by atoms with Gasteiger partial charge in [0.1, 0.15) is 17.4 Å². The van der Waals surface area contributed by atoms with Crippen LogP contribution in [0.25, 0.3) is 11.3 Å². The van der Waals surface area contributed by atoms with Crippen LogP contribution in [0.4, 0.5) is 0 Å². The van der Waals surface area contributed by atoms with Crippen molar-refractivity contribution in [2.75, 3.05) is 0 Å². The number of nitriles is 1. The largest absolute Gasteiger partial charge is 0.507 e. The van der Waals surface area contributed by atoms with Crippen LogP contribution in [-0.2, 0) is 0 Å². The molecular formula is C19H15BrN2O2. The number of benzene rings is 1. The standard InChI is InChI=1S/C19H15BrN2O2/c20-12-3-4-18(23)15(7-12)17-8-14(16(9-21)19(24)22-17)13-6-10-1-2-11(13)5-10/h1-4,7-8,10-11,13,23H,5-6H2,(H,22,24)/t10-,11-,13?/m0/s1. The number of hydrogen-bond donors (Lipinski definition) is 2. The minimum absolute atomic E-state index is 0.0948. The van der Waals surface area contributed by atoms with E-state index < -0.39 is 5.56 Å². The smallest absolute Gasteiger partial charge is 0.266 e. The summed E-state index contributed by atoms with van der Waals surface area (Å²) in [5.41, 5.74) is 1.69. The molecule has 1 fully saturated rings. The Balaban J connectivity index is 1.89. The Morgan fingerprint density at radius 1 is 1.25 bits per heavy atom. The Bertz CT molecular complexity index is 955. The SMILES string of the molecule is N#Cc1c(C2C[C@H]3C=C[C@H]2C3)cc(-c2cc(Br)ccc2O)[nH]c1=O. The van der Waals surface area contributed by atoms with Crippen LogP contribution in [0.15, 0.2) is 45.7 Å². The van der Waals surface area contributed by atoms with E-state index in [0.29, 0.717) is 23.1 Å². The van der Waals surface area contributed by atoms with Crippen molar-refractivity contribution in [3.05, 3.63) is 62.4 Å². The summed E-state index contributed by atoms with van der Waals surface area (Å²) in [5, 5.41) is 19.6. The molecule has 2 bridgehead atoms. The minimum atomic E-state index is -0.392. The summed E-state index contributed by atoms with van der Waals surface area (Å²) in [5.74, 6) is 1.24. The van der Waals surface area contributed by atoms with Crippen LogP contribution in [0.5, 0.6) is 5.75 Å². The van der Waals surface area contributed by atoms with Crippen LogP contribution >= 0.6 is 15.9 Å². The first-order valence-electron chi connectivity index (χ1n) is 7.91. The van der Waals surface area contributed by atoms with Gasteiger partial charge in [-0.2, -0.15) is 5.26 Å². The summed E-state index contributed by atoms with van der Waals surface area (Å²) in [7, 11) is 0. The number of aromatic amines is 1. The molecule has 3 atom stereocenters. The number of aromatic nitrogens is 1. The quantitative estimate of drug-likeness (QED) is 0.768. The number of aromatic hydroxyl groups is 1. The summed E-state index contributed by atoms with van der Waals surface area (Å²) in [4.78, 5) is 15.2. The number of rotatable bonds is 2. The second kappa shape index (κ2) is 5.64.